The van der Waals surface area contributed by atoms with E-state index >= 15 is 0 Å². The van der Waals surface area contributed by atoms with Crippen LogP contribution in [0, 0.1) is 18.6 Å². The number of H-pyrrole nitrogens is 1. The zero-order valence-corrected chi connectivity index (χ0v) is 15.3. The van der Waals surface area contributed by atoms with Crippen LogP contribution in [0.15, 0.2) is 45.7 Å². The molecule has 4 aromatic rings. The van der Waals surface area contributed by atoms with Crippen molar-refractivity contribution in [2.24, 2.45) is 0 Å². The van der Waals surface area contributed by atoms with Gasteiger partial charge in [0.2, 0.25) is 5.95 Å². The molecule has 8 nitrogen and oxygen atoms in total. The molecule has 0 fully saturated rings. The lowest BCUT2D eigenvalue weighted by Crippen LogP contribution is -2.04. The Morgan fingerprint density at radius 1 is 1.07 bits per heavy atom. The van der Waals surface area contributed by atoms with Crippen molar-refractivity contribution in [3.63, 3.8) is 0 Å². The lowest BCUT2D eigenvalue weighted by atomic mass is 10.2. The van der Waals surface area contributed by atoms with Crippen LogP contribution in [0.4, 0.5) is 31.9 Å². The third-order valence-electron chi connectivity index (χ3n) is 4.02. The first-order chi connectivity index (χ1) is 13.9. The highest BCUT2D eigenvalue weighted by molar-refractivity contribution is 5.79. The van der Waals surface area contributed by atoms with E-state index in [2.05, 4.69) is 25.6 Å². The normalized spacial score (nSPS) is 10.9. The van der Waals surface area contributed by atoms with Crippen molar-refractivity contribution < 1.29 is 17.9 Å². The van der Waals surface area contributed by atoms with Crippen LogP contribution in [0.25, 0.3) is 11.1 Å². The summed E-state index contributed by atoms with van der Waals surface area (Å²) in [4.78, 5) is 21.6. The van der Waals surface area contributed by atoms with Crippen molar-refractivity contribution in [1.82, 2.24) is 15.0 Å². The predicted molar refractivity (Wildman–Crippen MR) is 103 cm³/mol. The minimum atomic E-state index is -0.788. The first-order valence-corrected chi connectivity index (χ1v) is 8.46. The molecule has 0 aliphatic heterocycles. The third-order valence-corrected chi connectivity index (χ3v) is 4.02. The molecule has 2 aromatic carbocycles. The molecule has 0 bridgehead atoms. The van der Waals surface area contributed by atoms with Crippen molar-refractivity contribution in [2.45, 2.75) is 6.92 Å². The first-order valence-electron chi connectivity index (χ1n) is 8.46. The second-order valence-electron chi connectivity index (χ2n) is 6.23. The molecule has 2 heterocycles. The number of rotatable bonds is 5. The van der Waals surface area contributed by atoms with E-state index in [9.17, 15) is 13.6 Å². The summed E-state index contributed by atoms with van der Waals surface area (Å²) in [6.07, 6.45) is 0.985. The molecule has 3 N–H and O–H groups in total. The summed E-state index contributed by atoms with van der Waals surface area (Å²) in [5, 5.41) is 5.65. The minimum Gasteiger partial charge on any atom is -0.497 e. The predicted octanol–water partition coefficient (Wildman–Crippen LogP) is 3.99. The number of aryl methyl sites for hydroxylation is 1. The van der Waals surface area contributed by atoms with Crippen LogP contribution in [-0.4, -0.2) is 22.1 Å². The molecule has 0 radical (unpaired) electrons. The van der Waals surface area contributed by atoms with Crippen LogP contribution in [0.2, 0.25) is 0 Å². The van der Waals surface area contributed by atoms with E-state index in [1.165, 1.54) is 6.07 Å². The average molecular weight is 399 g/mol. The van der Waals surface area contributed by atoms with Crippen molar-refractivity contribution in [1.29, 1.82) is 0 Å². The molecule has 0 aliphatic rings. The molecule has 148 valence electrons. The summed E-state index contributed by atoms with van der Waals surface area (Å²) in [5.74, 6) is -1.71. The van der Waals surface area contributed by atoms with Gasteiger partial charge in [-0.1, -0.05) is 0 Å². The van der Waals surface area contributed by atoms with Gasteiger partial charge < -0.3 is 19.8 Å². The summed E-state index contributed by atoms with van der Waals surface area (Å²) in [6.45, 7) is 1.90. The summed E-state index contributed by atoms with van der Waals surface area (Å²) in [7, 11) is 1.55. The molecular formula is C19H15F2N5O3. The SMILES string of the molecule is COc1cc(C)cc(Nc2ncc(F)c(Nc3cc(F)c4oc(=O)[nH]c4c3)n2)c1. The molecule has 0 saturated heterocycles. The molecule has 0 amide bonds. The largest absolute Gasteiger partial charge is 0.497 e. The van der Waals surface area contributed by atoms with Gasteiger partial charge in [0.25, 0.3) is 0 Å². The summed E-state index contributed by atoms with van der Waals surface area (Å²) >= 11 is 0. The number of nitrogens with one attached hydrogen (secondary N) is 3. The van der Waals surface area contributed by atoms with Crippen LogP contribution in [0.1, 0.15) is 5.56 Å². The molecular weight excluding hydrogens is 384 g/mol. The van der Waals surface area contributed by atoms with Crippen LogP contribution >= 0.6 is 0 Å². The first kappa shape index (κ1) is 18.4. The lowest BCUT2D eigenvalue weighted by molar-refractivity contribution is 0.414. The van der Waals surface area contributed by atoms with Gasteiger partial charge >= 0.3 is 5.76 Å². The number of anilines is 4. The fourth-order valence-electron chi connectivity index (χ4n) is 2.81. The second kappa shape index (κ2) is 7.23. The molecule has 0 unspecified atom stereocenters. The number of nitrogens with zero attached hydrogens (tertiary/aromatic N) is 2. The maximum absolute atomic E-state index is 14.2. The molecule has 29 heavy (non-hydrogen) atoms. The number of ether oxygens (including phenoxy) is 1. The summed E-state index contributed by atoms with van der Waals surface area (Å²) in [6, 6.07) is 7.92. The van der Waals surface area contributed by atoms with Gasteiger partial charge in [-0.3, -0.25) is 4.98 Å². The van der Waals surface area contributed by atoms with Crippen molar-refractivity contribution in [2.75, 3.05) is 17.7 Å². The van der Waals surface area contributed by atoms with Crippen molar-refractivity contribution >= 4 is 34.2 Å². The van der Waals surface area contributed by atoms with Gasteiger partial charge in [0, 0.05) is 23.5 Å². The lowest BCUT2D eigenvalue weighted by Gasteiger charge is -2.11. The van der Waals surface area contributed by atoms with Gasteiger partial charge in [-0.2, -0.15) is 4.98 Å². The Bertz CT molecular complexity index is 1270. The van der Waals surface area contributed by atoms with Crippen LogP contribution in [-0.2, 0) is 0 Å². The second-order valence-corrected chi connectivity index (χ2v) is 6.23. The quantitative estimate of drug-likeness (QED) is 0.466. The molecule has 0 atom stereocenters. The Morgan fingerprint density at radius 2 is 1.86 bits per heavy atom. The van der Waals surface area contributed by atoms with Crippen LogP contribution in [0.3, 0.4) is 0 Å². The number of oxazole rings is 1. The third kappa shape index (κ3) is 3.86. The average Bonchev–Trinajstić information content (AvgIpc) is 3.05. The number of aromatic amines is 1. The molecule has 10 heteroatoms. The van der Waals surface area contributed by atoms with E-state index in [0.29, 0.717) is 11.4 Å². The molecule has 0 saturated carbocycles. The fourth-order valence-corrected chi connectivity index (χ4v) is 2.81. The standard InChI is InChI=1S/C19H15F2N5O3/c1-9-3-10(5-12(4-9)28-2)24-18-22-8-14(21)17(26-18)23-11-6-13(20)16-15(7-11)25-19(27)29-16/h3-8H,1-2H3,(H,25,27)(H2,22,23,24,26). The Labute approximate surface area is 162 Å². The highest BCUT2D eigenvalue weighted by Crippen LogP contribution is 2.26. The number of hydrogen-bond acceptors (Lipinski definition) is 7. The van der Waals surface area contributed by atoms with Crippen molar-refractivity contribution in [3.05, 3.63) is 64.3 Å². The van der Waals surface area contributed by atoms with Crippen molar-refractivity contribution in [3.8, 4) is 5.75 Å². The highest BCUT2D eigenvalue weighted by atomic mass is 19.1. The van der Waals surface area contributed by atoms with E-state index in [1.807, 2.05) is 19.1 Å². The monoisotopic (exact) mass is 399 g/mol. The zero-order valence-electron chi connectivity index (χ0n) is 15.3. The number of benzene rings is 2. The minimum absolute atomic E-state index is 0.125. The van der Waals surface area contributed by atoms with Crippen LogP contribution in [0.5, 0.6) is 5.75 Å². The number of methoxy groups -OCH3 is 1. The number of hydrogen-bond donors (Lipinski definition) is 3. The van der Waals surface area contributed by atoms with Gasteiger partial charge in [0.1, 0.15) is 5.75 Å². The zero-order chi connectivity index (χ0) is 20.5. The van der Waals surface area contributed by atoms with Crippen LogP contribution < -0.4 is 21.1 Å². The Balaban J connectivity index is 1.64. The Kier molecular flexibility index (Phi) is 4.59. The van der Waals surface area contributed by atoms with Gasteiger partial charge in [-0.15, -0.1) is 0 Å². The van der Waals surface area contributed by atoms with E-state index < -0.39 is 17.4 Å². The number of halogens is 2. The van der Waals surface area contributed by atoms with Gasteiger partial charge in [0.15, 0.2) is 23.0 Å². The smallest absolute Gasteiger partial charge is 0.417 e. The van der Waals surface area contributed by atoms with E-state index in [0.717, 1.165) is 17.8 Å². The highest BCUT2D eigenvalue weighted by Gasteiger charge is 2.13. The molecule has 0 spiro atoms. The fraction of sp³-hybridized carbons (Fsp3) is 0.105. The Hall–Kier alpha value is -3.95. The van der Waals surface area contributed by atoms with Gasteiger partial charge in [-0.25, -0.2) is 18.6 Å². The van der Waals surface area contributed by atoms with Gasteiger partial charge in [-0.05, 0) is 30.7 Å². The maximum Gasteiger partial charge on any atom is 0.417 e. The number of aromatic nitrogens is 3. The molecule has 0 aliphatic carbocycles. The maximum atomic E-state index is 14.2. The number of fused-ring (bicyclic) bond motifs is 1. The molecule has 4 rings (SSSR count). The summed E-state index contributed by atoms with van der Waals surface area (Å²) < 4.78 is 38.2. The van der Waals surface area contributed by atoms with E-state index in [1.54, 1.807) is 13.2 Å². The van der Waals surface area contributed by atoms with E-state index in [4.69, 9.17) is 9.15 Å². The topological polar surface area (TPSA) is 105 Å². The van der Waals surface area contributed by atoms with E-state index in [-0.39, 0.29) is 28.6 Å². The Morgan fingerprint density at radius 3 is 2.66 bits per heavy atom. The molecule has 2 aromatic heterocycles. The summed E-state index contributed by atoms with van der Waals surface area (Å²) in [5.41, 5.74) is 1.71. The van der Waals surface area contributed by atoms with Gasteiger partial charge in [0.05, 0.1) is 18.8 Å².